The molecule has 1 saturated heterocycles. The number of nitrogens with one attached hydrogen (secondary N) is 1. The molecule has 0 saturated carbocycles. The van der Waals surface area contributed by atoms with Crippen molar-refractivity contribution in [2.45, 2.75) is 39.3 Å². The summed E-state index contributed by atoms with van der Waals surface area (Å²) in [6.45, 7) is 7.32. The summed E-state index contributed by atoms with van der Waals surface area (Å²) in [4.78, 5) is 13.5. The summed E-state index contributed by atoms with van der Waals surface area (Å²) in [5.41, 5.74) is 3.30. The first kappa shape index (κ1) is 18.6. The Hall–Kier alpha value is -2.20. The molecule has 3 rings (SSSR count). The zero-order valence-electron chi connectivity index (χ0n) is 15.5. The van der Waals surface area contributed by atoms with Crippen molar-refractivity contribution >= 4 is 23.2 Å². The summed E-state index contributed by atoms with van der Waals surface area (Å²) in [7, 11) is 0. The van der Waals surface area contributed by atoms with E-state index >= 15 is 0 Å². The van der Waals surface area contributed by atoms with Gasteiger partial charge in [0.2, 0.25) is 5.91 Å². The fourth-order valence-corrected chi connectivity index (χ4v) is 3.43. The number of hydrogen-bond donors (Lipinski definition) is 1. The third-order valence-corrected chi connectivity index (χ3v) is 5.18. The maximum Gasteiger partial charge on any atom is 0.217 e. The fraction of sp³-hybridized carbons (Fsp3) is 0.381. The van der Waals surface area contributed by atoms with Crippen LogP contribution in [0.15, 0.2) is 42.5 Å². The number of anilines is 1. The Kier molecular flexibility index (Phi) is 5.72. The van der Waals surface area contributed by atoms with E-state index in [2.05, 4.69) is 22.3 Å². The van der Waals surface area contributed by atoms with Crippen LogP contribution in [0.1, 0.15) is 37.4 Å². The number of halogens is 1. The Morgan fingerprint density at radius 1 is 1.27 bits per heavy atom. The van der Waals surface area contributed by atoms with E-state index in [1.165, 1.54) is 6.92 Å². The largest absolute Gasteiger partial charge is 0.489 e. The number of aryl methyl sites for hydroxylation is 1. The third kappa shape index (κ3) is 4.50. The highest BCUT2D eigenvalue weighted by atomic mass is 35.5. The van der Waals surface area contributed by atoms with Crippen LogP contribution in [0.25, 0.3) is 0 Å². The lowest BCUT2D eigenvalue weighted by molar-refractivity contribution is -0.119. The van der Waals surface area contributed by atoms with Crippen LogP contribution in [0.2, 0.25) is 5.02 Å². The van der Waals surface area contributed by atoms with E-state index < -0.39 is 0 Å². The Labute approximate surface area is 160 Å². The Bertz CT molecular complexity index is 776. The summed E-state index contributed by atoms with van der Waals surface area (Å²) in [5, 5.41) is 3.69. The lowest BCUT2D eigenvalue weighted by Gasteiger charge is -2.20. The summed E-state index contributed by atoms with van der Waals surface area (Å²) in [5.74, 6) is 0.831. The highest BCUT2D eigenvalue weighted by Gasteiger charge is 2.24. The highest BCUT2D eigenvalue weighted by molar-refractivity contribution is 6.31. The van der Waals surface area contributed by atoms with Crippen LogP contribution in [-0.4, -0.2) is 25.1 Å². The third-order valence-electron chi connectivity index (χ3n) is 4.77. The molecule has 26 heavy (non-hydrogen) atoms. The molecule has 5 heteroatoms. The first-order chi connectivity index (χ1) is 12.4. The van der Waals surface area contributed by atoms with E-state index in [4.69, 9.17) is 16.3 Å². The predicted molar refractivity (Wildman–Crippen MR) is 106 cm³/mol. The first-order valence-corrected chi connectivity index (χ1v) is 9.35. The maximum atomic E-state index is 11.2. The van der Waals surface area contributed by atoms with Gasteiger partial charge in [-0.05, 0) is 49.2 Å². The second-order valence-corrected chi connectivity index (χ2v) is 7.31. The molecule has 1 aliphatic heterocycles. The summed E-state index contributed by atoms with van der Waals surface area (Å²) in [6.07, 6.45) is 1.14. The van der Waals surface area contributed by atoms with Gasteiger partial charge < -0.3 is 15.0 Å². The number of ether oxygens (including phenoxy) is 1. The van der Waals surface area contributed by atoms with Gasteiger partial charge in [-0.3, -0.25) is 4.79 Å². The number of nitrogens with zero attached hydrogens (tertiary/aromatic N) is 1. The van der Waals surface area contributed by atoms with Gasteiger partial charge in [-0.1, -0.05) is 29.8 Å². The Balaban J connectivity index is 1.58. The average Bonchev–Trinajstić information content (AvgIpc) is 3.06. The normalized spacial score (nSPS) is 17.8. The van der Waals surface area contributed by atoms with Gasteiger partial charge >= 0.3 is 0 Å². The second-order valence-electron chi connectivity index (χ2n) is 6.90. The van der Waals surface area contributed by atoms with Gasteiger partial charge in [0.15, 0.2) is 0 Å². The van der Waals surface area contributed by atoms with Gasteiger partial charge in [-0.2, -0.15) is 0 Å². The molecule has 1 aliphatic rings. The van der Waals surface area contributed by atoms with Crippen molar-refractivity contribution in [1.82, 2.24) is 5.32 Å². The zero-order valence-corrected chi connectivity index (χ0v) is 16.2. The van der Waals surface area contributed by atoms with Crippen LogP contribution in [0.3, 0.4) is 0 Å². The molecule has 0 aromatic heterocycles. The molecule has 1 amide bonds. The summed E-state index contributed by atoms with van der Waals surface area (Å²) < 4.78 is 6.13. The molecule has 1 heterocycles. The lowest BCUT2D eigenvalue weighted by Crippen LogP contribution is -2.24. The lowest BCUT2D eigenvalue weighted by atomic mass is 10.1. The van der Waals surface area contributed by atoms with Crippen LogP contribution in [-0.2, 0) is 4.79 Å². The molecule has 0 bridgehead atoms. The molecule has 0 spiro atoms. The molecular weight excluding hydrogens is 348 g/mol. The van der Waals surface area contributed by atoms with E-state index in [-0.39, 0.29) is 18.1 Å². The molecule has 1 fully saturated rings. The second kappa shape index (κ2) is 8.00. The van der Waals surface area contributed by atoms with Gasteiger partial charge in [-0.15, -0.1) is 0 Å². The molecule has 2 aromatic carbocycles. The van der Waals surface area contributed by atoms with Crippen molar-refractivity contribution in [2.24, 2.45) is 0 Å². The number of amides is 1. The highest BCUT2D eigenvalue weighted by Crippen LogP contribution is 2.28. The topological polar surface area (TPSA) is 41.6 Å². The summed E-state index contributed by atoms with van der Waals surface area (Å²) in [6, 6.07) is 14.1. The van der Waals surface area contributed by atoms with Crippen LogP contribution < -0.4 is 15.0 Å². The van der Waals surface area contributed by atoms with E-state index in [1.54, 1.807) is 0 Å². The number of carbonyl (C=O) groups is 1. The molecule has 2 aromatic rings. The van der Waals surface area contributed by atoms with Gasteiger partial charge in [0, 0.05) is 30.6 Å². The van der Waals surface area contributed by atoms with Gasteiger partial charge in [-0.25, -0.2) is 0 Å². The monoisotopic (exact) mass is 372 g/mol. The van der Waals surface area contributed by atoms with Crippen LogP contribution >= 0.6 is 11.6 Å². The minimum absolute atomic E-state index is 0.00481. The van der Waals surface area contributed by atoms with Crippen LogP contribution in [0.5, 0.6) is 5.75 Å². The zero-order chi connectivity index (χ0) is 18.7. The number of carbonyl (C=O) groups excluding carboxylic acids is 1. The smallest absolute Gasteiger partial charge is 0.217 e. The molecule has 2 atom stereocenters. The predicted octanol–water partition coefficient (Wildman–Crippen LogP) is 4.50. The number of hydrogen-bond acceptors (Lipinski definition) is 3. The minimum Gasteiger partial charge on any atom is -0.489 e. The standard InChI is InChI=1S/C21H25ClN2O2/c1-14-4-7-18(12-21(14)22)24-11-10-20(13-24)26-19-8-5-17(6-9-19)15(2)23-16(3)25/h4-9,12,15,20H,10-11,13H2,1-3H3,(H,23,25)/t15-,20+/m0/s1. The molecule has 0 radical (unpaired) electrons. The summed E-state index contributed by atoms with van der Waals surface area (Å²) >= 11 is 6.25. The first-order valence-electron chi connectivity index (χ1n) is 8.97. The number of benzene rings is 2. The molecule has 138 valence electrons. The molecule has 0 aliphatic carbocycles. The molecule has 4 nitrogen and oxygen atoms in total. The van der Waals surface area contributed by atoms with E-state index in [0.29, 0.717) is 0 Å². The van der Waals surface area contributed by atoms with Crippen molar-refractivity contribution in [2.75, 3.05) is 18.0 Å². The van der Waals surface area contributed by atoms with Gasteiger partial charge in [0.05, 0.1) is 12.6 Å². The Morgan fingerprint density at radius 3 is 2.65 bits per heavy atom. The molecule has 1 N–H and O–H groups in total. The quantitative estimate of drug-likeness (QED) is 0.839. The minimum atomic E-state index is -0.0277. The van der Waals surface area contributed by atoms with Crippen LogP contribution in [0, 0.1) is 6.92 Å². The maximum absolute atomic E-state index is 11.2. The van der Waals surface area contributed by atoms with E-state index in [9.17, 15) is 4.79 Å². The van der Waals surface area contributed by atoms with Crippen molar-refractivity contribution in [1.29, 1.82) is 0 Å². The van der Waals surface area contributed by atoms with Crippen molar-refractivity contribution in [3.63, 3.8) is 0 Å². The van der Waals surface area contributed by atoms with Gasteiger partial charge in [0.1, 0.15) is 11.9 Å². The van der Waals surface area contributed by atoms with Crippen molar-refractivity contribution in [3.05, 3.63) is 58.6 Å². The molecular formula is C21H25ClN2O2. The van der Waals surface area contributed by atoms with Gasteiger partial charge in [0.25, 0.3) is 0 Å². The Morgan fingerprint density at radius 2 is 2.00 bits per heavy atom. The van der Waals surface area contributed by atoms with Crippen LogP contribution in [0.4, 0.5) is 5.69 Å². The van der Waals surface area contributed by atoms with E-state index in [0.717, 1.165) is 47.1 Å². The fourth-order valence-electron chi connectivity index (χ4n) is 3.25. The SMILES string of the molecule is CC(=O)N[C@@H](C)c1ccc(O[C@@H]2CCN(c3ccc(C)c(Cl)c3)C2)cc1. The van der Waals surface area contributed by atoms with Crippen molar-refractivity contribution < 1.29 is 9.53 Å². The van der Waals surface area contributed by atoms with E-state index in [1.807, 2.05) is 44.2 Å². The molecule has 0 unspecified atom stereocenters. The average molecular weight is 373 g/mol. The number of rotatable bonds is 5. The van der Waals surface area contributed by atoms with Crippen molar-refractivity contribution in [3.8, 4) is 5.75 Å².